The van der Waals surface area contributed by atoms with E-state index >= 15 is 0 Å². The van der Waals surface area contributed by atoms with E-state index in [0.717, 1.165) is 17.3 Å². The summed E-state index contributed by atoms with van der Waals surface area (Å²) in [7, 11) is 0. The molecule has 0 bridgehead atoms. The number of thiocarbonyl (C=S) groups is 1. The first-order valence-corrected chi connectivity index (χ1v) is 13.0. The molecule has 39 heavy (non-hydrogen) atoms. The Hall–Kier alpha value is -3.87. The Morgan fingerprint density at radius 3 is 2.56 bits per heavy atom. The third-order valence-electron chi connectivity index (χ3n) is 6.14. The van der Waals surface area contributed by atoms with Crippen molar-refractivity contribution in [2.75, 3.05) is 11.9 Å². The summed E-state index contributed by atoms with van der Waals surface area (Å²) in [4.78, 5) is 6.01. The highest BCUT2D eigenvalue weighted by Crippen LogP contribution is 2.32. The normalized spacial score (nSPS) is 11.2. The molecule has 3 aromatic carbocycles. The Bertz CT molecular complexity index is 1460. The smallest absolute Gasteiger partial charge is 0.345 e. The van der Waals surface area contributed by atoms with Crippen molar-refractivity contribution >= 4 is 34.6 Å². The molecule has 4 aromatic rings. The Labute approximate surface area is 235 Å². The molecular formula is C29H25ClF3N5S. The molecule has 0 fully saturated rings. The minimum Gasteiger partial charge on any atom is -0.345 e. The van der Waals surface area contributed by atoms with Gasteiger partial charge in [-0.3, -0.25) is 0 Å². The first kappa shape index (κ1) is 28.1. The van der Waals surface area contributed by atoms with Crippen molar-refractivity contribution in [3.63, 3.8) is 0 Å². The zero-order valence-corrected chi connectivity index (χ0v) is 22.4. The van der Waals surface area contributed by atoms with Gasteiger partial charge in [-0.25, -0.2) is 4.98 Å². The SMILES string of the molecule is N#Cc1ccc(Cn2cncc2CCCN(Cc2ccccc2C(F)(F)F)C(=S)Nc2cccc(Cl)c2)cc1. The van der Waals surface area contributed by atoms with Gasteiger partial charge >= 0.3 is 6.18 Å². The van der Waals surface area contributed by atoms with Gasteiger partial charge in [-0.15, -0.1) is 0 Å². The van der Waals surface area contributed by atoms with Gasteiger partial charge in [0.15, 0.2) is 5.11 Å². The first-order chi connectivity index (χ1) is 18.7. The van der Waals surface area contributed by atoms with Gasteiger partial charge in [0.2, 0.25) is 0 Å². The number of aryl methyl sites for hydroxylation is 1. The van der Waals surface area contributed by atoms with E-state index in [1.807, 2.05) is 16.7 Å². The quantitative estimate of drug-likeness (QED) is 0.215. The van der Waals surface area contributed by atoms with Crippen molar-refractivity contribution in [2.45, 2.75) is 32.1 Å². The molecule has 0 aliphatic heterocycles. The monoisotopic (exact) mass is 567 g/mol. The van der Waals surface area contributed by atoms with E-state index in [1.165, 1.54) is 12.1 Å². The standard InChI is InChI=1S/C29H25ClF3N5S/c30-24-6-3-7-25(15-24)36-28(39)37(19-23-5-1-2-9-27(23)29(31,32)33)14-4-8-26-17-35-20-38(26)18-22-12-10-21(16-34)11-13-22/h1-3,5-7,9-13,15,17,20H,4,8,14,18-19H2,(H,36,39). The third-order valence-corrected chi connectivity index (χ3v) is 6.74. The molecule has 1 heterocycles. The lowest BCUT2D eigenvalue weighted by Gasteiger charge is -2.27. The summed E-state index contributed by atoms with van der Waals surface area (Å²) < 4.78 is 43.1. The summed E-state index contributed by atoms with van der Waals surface area (Å²) in [6, 6.07) is 22.0. The average Bonchev–Trinajstić information content (AvgIpc) is 3.35. The summed E-state index contributed by atoms with van der Waals surface area (Å²) in [6.45, 7) is 1.01. The maximum atomic E-state index is 13.7. The molecule has 0 atom stereocenters. The molecule has 0 saturated heterocycles. The highest BCUT2D eigenvalue weighted by Gasteiger charge is 2.33. The Morgan fingerprint density at radius 2 is 1.85 bits per heavy atom. The van der Waals surface area contributed by atoms with Gasteiger partial charge in [0.05, 0.1) is 23.5 Å². The lowest BCUT2D eigenvalue weighted by atomic mass is 10.1. The van der Waals surface area contributed by atoms with Crippen molar-refractivity contribution in [3.05, 3.63) is 118 Å². The fraction of sp³-hybridized carbons (Fsp3) is 0.207. The van der Waals surface area contributed by atoms with Crippen LogP contribution < -0.4 is 5.32 Å². The van der Waals surface area contributed by atoms with Crippen LogP contribution in [0.2, 0.25) is 5.02 Å². The van der Waals surface area contributed by atoms with Crippen molar-refractivity contribution in [3.8, 4) is 6.07 Å². The molecule has 10 heteroatoms. The predicted molar refractivity (Wildman–Crippen MR) is 150 cm³/mol. The minimum atomic E-state index is -4.47. The zero-order valence-electron chi connectivity index (χ0n) is 20.8. The second-order valence-corrected chi connectivity index (χ2v) is 9.77. The lowest BCUT2D eigenvalue weighted by molar-refractivity contribution is -0.138. The number of halogens is 4. The van der Waals surface area contributed by atoms with Crippen LogP contribution in [-0.2, 0) is 25.7 Å². The highest BCUT2D eigenvalue weighted by atomic mass is 35.5. The highest BCUT2D eigenvalue weighted by molar-refractivity contribution is 7.80. The number of nitriles is 1. The second-order valence-electron chi connectivity index (χ2n) is 8.94. The first-order valence-electron chi connectivity index (χ1n) is 12.2. The van der Waals surface area contributed by atoms with Crippen LogP contribution in [-0.4, -0.2) is 26.1 Å². The largest absolute Gasteiger partial charge is 0.416 e. The van der Waals surface area contributed by atoms with E-state index in [9.17, 15) is 13.2 Å². The molecular weight excluding hydrogens is 543 g/mol. The molecule has 4 rings (SSSR count). The summed E-state index contributed by atoms with van der Waals surface area (Å²) in [5.41, 5.74) is 2.74. The summed E-state index contributed by atoms with van der Waals surface area (Å²) >= 11 is 11.7. The maximum absolute atomic E-state index is 13.7. The van der Waals surface area contributed by atoms with Crippen molar-refractivity contribution in [1.29, 1.82) is 5.26 Å². The van der Waals surface area contributed by atoms with E-state index in [-0.39, 0.29) is 12.1 Å². The molecule has 0 amide bonds. The fourth-order valence-corrected chi connectivity index (χ4v) is 4.66. The molecule has 0 unspecified atom stereocenters. The van der Waals surface area contributed by atoms with Gasteiger partial charge in [-0.1, -0.05) is 48.0 Å². The van der Waals surface area contributed by atoms with Crippen LogP contribution in [0.5, 0.6) is 0 Å². The molecule has 1 aromatic heterocycles. The Kier molecular flexibility index (Phi) is 9.23. The topological polar surface area (TPSA) is 56.9 Å². The predicted octanol–water partition coefficient (Wildman–Crippen LogP) is 7.31. The number of nitrogens with one attached hydrogen (secondary N) is 1. The van der Waals surface area contributed by atoms with Gasteiger partial charge < -0.3 is 14.8 Å². The molecule has 0 radical (unpaired) electrons. The van der Waals surface area contributed by atoms with E-state index < -0.39 is 11.7 Å². The van der Waals surface area contributed by atoms with E-state index in [4.69, 9.17) is 29.1 Å². The molecule has 0 aliphatic carbocycles. The number of hydrogen-bond acceptors (Lipinski definition) is 3. The van der Waals surface area contributed by atoms with Crippen LogP contribution in [0.1, 0.15) is 34.4 Å². The molecule has 1 N–H and O–H groups in total. The summed E-state index contributed by atoms with van der Waals surface area (Å²) in [5.74, 6) is 0. The van der Waals surface area contributed by atoms with Gasteiger partial charge in [0.25, 0.3) is 0 Å². The third kappa shape index (κ3) is 7.82. The van der Waals surface area contributed by atoms with Crippen LogP contribution in [0.15, 0.2) is 85.3 Å². The number of nitrogens with zero attached hydrogens (tertiary/aromatic N) is 4. The Balaban J connectivity index is 1.48. The maximum Gasteiger partial charge on any atom is 0.416 e. The van der Waals surface area contributed by atoms with Crippen LogP contribution in [0.25, 0.3) is 0 Å². The van der Waals surface area contributed by atoms with Crippen molar-refractivity contribution in [2.24, 2.45) is 0 Å². The number of anilines is 1. The van der Waals surface area contributed by atoms with Crippen LogP contribution >= 0.6 is 23.8 Å². The second kappa shape index (κ2) is 12.8. The number of benzene rings is 3. The lowest BCUT2D eigenvalue weighted by Crippen LogP contribution is -2.36. The van der Waals surface area contributed by atoms with E-state index in [1.54, 1.807) is 59.9 Å². The molecule has 0 saturated carbocycles. The number of rotatable bonds is 9. The number of aromatic nitrogens is 2. The molecule has 200 valence electrons. The van der Waals surface area contributed by atoms with Crippen LogP contribution in [0.3, 0.4) is 0 Å². The van der Waals surface area contributed by atoms with E-state index in [0.29, 0.717) is 47.3 Å². The van der Waals surface area contributed by atoms with Crippen LogP contribution in [0, 0.1) is 11.3 Å². The zero-order chi connectivity index (χ0) is 27.8. The fourth-order valence-electron chi connectivity index (χ4n) is 4.19. The molecule has 5 nitrogen and oxygen atoms in total. The number of imidazole rings is 1. The summed E-state index contributed by atoms with van der Waals surface area (Å²) in [6.07, 6.45) is 0.339. The summed E-state index contributed by atoms with van der Waals surface area (Å²) in [5, 5.41) is 12.9. The van der Waals surface area contributed by atoms with Gasteiger partial charge in [0, 0.05) is 42.2 Å². The van der Waals surface area contributed by atoms with Gasteiger partial charge in [0.1, 0.15) is 0 Å². The van der Waals surface area contributed by atoms with Crippen molar-refractivity contribution in [1.82, 2.24) is 14.5 Å². The Morgan fingerprint density at radius 1 is 1.08 bits per heavy atom. The molecule has 0 aliphatic rings. The molecule has 0 spiro atoms. The number of hydrogen-bond donors (Lipinski definition) is 1. The average molecular weight is 568 g/mol. The van der Waals surface area contributed by atoms with E-state index in [2.05, 4.69) is 16.4 Å². The van der Waals surface area contributed by atoms with Gasteiger partial charge in [-0.05, 0) is 72.6 Å². The van der Waals surface area contributed by atoms with Gasteiger partial charge in [-0.2, -0.15) is 18.4 Å². The minimum absolute atomic E-state index is 0.00736. The van der Waals surface area contributed by atoms with Crippen LogP contribution in [0.4, 0.5) is 18.9 Å². The van der Waals surface area contributed by atoms with Crippen molar-refractivity contribution < 1.29 is 13.2 Å². The number of alkyl halides is 3.